The molecule has 2 fully saturated rings. The number of aliphatic hydroxyl groups is 1. The van der Waals surface area contributed by atoms with Crippen molar-refractivity contribution in [2.45, 2.75) is 55.7 Å². The molecule has 0 spiro atoms. The number of imidazole rings is 1. The summed E-state index contributed by atoms with van der Waals surface area (Å²) in [5.41, 5.74) is 2.93. The fourth-order valence-electron chi connectivity index (χ4n) is 4.25. The molecule has 2 aliphatic rings. The summed E-state index contributed by atoms with van der Waals surface area (Å²) in [5, 5.41) is 9.98. The van der Waals surface area contributed by atoms with Crippen LogP contribution in [0, 0.1) is 0 Å². The number of alkyl halides is 1. The number of halogens is 2. The van der Waals surface area contributed by atoms with Gasteiger partial charge in [-0.15, -0.1) is 0 Å². The molecule has 2 N–H and O–H groups in total. The predicted octanol–water partition coefficient (Wildman–Crippen LogP) is 4.89. The Morgan fingerprint density at radius 1 is 1.17 bits per heavy atom. The van der Waals surface area contributed by atoms with Crippen molar-refractivity contribution >= 4 is 46.8 Å². The maximum atomic E-state index is 9.98. The third-order valence-corrected chi connectivity index (χ3v) is 8.80. The van der Waals surface area contributed by atoms with Gasteiger partial charge in [0.1, 0.15) is 18.3 Å². The van der Waals surface area contributed by atoms with Crippen molar-refractivity contribution in [3.8, 4) is 17.3 Å². The van der Waals surface area contributed by atoms with Crippen molar-refractivity contribution in [2.24, 2.45) is 0 Å². The van der Waals surface area contributed by atoms with E-state index in [0.717, 1.165) is 21.6 Å². The zero-order valence-electron chi connectivity index (χ0n) is 19.8. The summed E-state index contributed by atoms with van der Waals surface area (Å²) < 4.78 is 24.4. The summed E-state index contributed by atoms with van der Waals surface area (Å²) in [4.78, 5) is 12.6. The molecule has 0 radical (unpaired) electrons. The number of H-pyrrole nitrogens is 1. The number of hydrogen-bond donors (Lipinski definition) is 2. The second-order valence-electron chi connectivity index (χ2n) is 10.2. The van der Waals surface area contributed by atoms with Gasteiger partial charge in [0.05, 0.1) is 24.4 Å². The molecule has 188 valence electrons. The van der Waals surface area contributed by atoms with Crippen LogP contribution in [0.2, 0.25) is 25.7 Å². The van der Waals surface area contributed by atoms with Crippen LogP contribution < -0.4 is 4.74 Å². The van der Waals surface area contributed by atoms with Gasteiger partial charge in [0, 0.05) is 30.3 Å². The minimum Gasteiger partial charge on any atom is -0.456 e. The number of nitrogens with zero attached hydrogens (tertiary/aromatic N) is 2. The Kier molecular flexibility index (Phi) is 7.24. The number of hydrogen-bond acceptors (Lipinski definition) is 7. The van der Waals surface area contributed by atoms with Crippen LogP contribution in [0.4, 0.5) is 0 Å². The Hall–Kier alpha value is -1.53. The van der Waals surface area contributed by atoms with E-state index in [1.54, 1.807) is 0 Å². The molecule has 11 heteroatoms. The summed E-state index contributed by atoms with van der Waals surface area (Å²) in [6.07, 6.45) is -1.70. The number of aliphatic hydroxyl groups excluding tert-OH is 1. The first-order valence-corrected chi connectivity index (χ1v) is 16.6. The Balaban J connectivity index is 1.43. The summed E-state index contributed by atoms with van der Waals surface area (Å²) in [7, 11) is -1.25. The van der Waals surface area contributed by atoms with Crippen LogP contribution >= 0.6 is 27.5 Å². The van der Waals surface area contributed by atoms with Gasteiger partial charge in [0.2, 0.25) is 0 Å². The van der Waals surface area contributed by atoms with Gasteiger partial charge in [-0.1, -0.05) is 59.3 Å². The molecule has 8 nitrogen and oxygen atoms in total. The molecule has 1 aromatic carbocycles. The van der Waals surface area contributed by atoms with Crippen molar-refractivity contribution < 1.29 is 24.1 Å². The normalized spacial score (nSPS) is 25.2. The van der Waals surface area contributed by atoms with E-state index in [1.807, 2.05) is 30.3 Å². The quantitative estimate of drug-likeness (QED) is 0.288. The van der Waals surface area contributed by atoms with E-state index in [2.05, 4.69) is 45.5 Å². The topological polar surface area (TPSA) is 98.7 Å². The number of ether oxygens (including phenoxy) is 4. The average molecular weight is 583 g/mol. The second kappa shape index (κ2) is 10.1. The SMILES string of the molecule is C[Si](C)(C)CCOC(Cl)c1cc2[nH]c(O[C@@H]3CO[C@H]4[C@@H]3OC[C@H]4O)nc2nc1-c1ccc(Br)cc1. The minimum atomic E-state index is -1.25. The zero-order chi connectivity index (χ0) is 24.7. The van der Waals surface area contributed by atoms with Gasteiger partial charge in [-0.2, -0.15) is 4.98 Å². The van der Waals surface area contributed by atoms with Crippen LogP contribution in [0.15, 0.2) is 34.8 Å². The van der Waals surface area contributed by atoms with Crippen molar-refractivity contribution in [1.29, 1.82) is 0 Å². The summed E-state index contributed by atoms with van der Waals surface area (Å²) in [6.45, 7) is 8.08. The highest BCUT2D eigenvalue weighted by molar-refractivity contribution is 9.10. The molecular weight excluding hydrogens is 554 g/mol. The number of nitrogens with one attached hydrogen (secondary N) is 1. The number of aromatic amines is 1. The Labute approximate surface area is 218 Å². The molecule has 35 heavy (non-hydrogen) atoms. The van der Waals surface area contributed by atoms with Crippen molar-refractivity contribution in [3.05, 3.63) is 40.4 Å². The van der Waals surface area contributed by atoms with E-state index in [0.29, 0.717) is 36.1 Å². The Morgan fingerprint density at radius 3 is 2.66 bits per heavy atom. The number of fused-ring (bicyclic) bond motifs is 2. The molecular formula is C24H29BrClN3O5Si. The van der Waals surface area contributed by atoms with E-state index in [1.165, 1.54) is 0 Å². The van der Waals surface area contributed by atoms with Gasteiger partial charge < -0.3 is 29.0 Å². The molecule has 1 unspecified atom stereocenters. The first-order valence-electron chi connectivity index (χ1n) is 11.7. The largest absolute Gasteiger partial charge is 0.456 e. The first-order chi connectivity index (χ1) is 16.7. The first kappa shape index (κ1) is 25.1. The van der Waals surface area contributed by atoms with Crippen LogP contribution in [-0.2, 0) is 14.2 Å². The fourth-order valence-corrected chi connectivity index (χ4v) is 5.50. The monoisotopic (exact) mass is 581 g/mol. The fraction of sp³-hybridized carbons (Fsp3) is 0.500. The van der Waals surface area contributed by atoms with Crippen molar-refractivity contribution in [3.63, 3.8) is 0 Å². The highest BCUT2D eigenvalue weighted by Gasteiger charge is 2.48. The van der Waals surface area contributed by atoms with Crippen LogP contribution in [0.3, 0.4) is 0 Å². The Bertz CT molecular complexity index is 1190. The van der Waals surface area contributed by atoms with E-state index in [9.17, 15) is 5.11 Å². The molecule has 0 aliphatic carbocycles. The Morgan fingerprint density at radius 2 is 1.91 bits per heavy atom. The van der Waals surface area contributed by atoms with Gasteiger partial charge in [-0.25, -0.2) is 4.98 Å². The molecule has 3 aromatic rings. The number of rotatable bonds is 8. The highest BCUT2D eigenvalue weighted by atomic mass is 79.9. The smallest absolute Gasteiger partial charge is 0.296 e. The summed E-state index contributed by atoms with van der Waals surface area (Å²) >= 11 is 10.3. The molecule has 5 atom stereocenters. The van der Waals surface area contributed by atoms with Crippen molar-refractivity contribution in [2.75, 3.05) is 19.8 Å². The van der Waals surface area contributed by atoms with Gasteiger partial charge in [-0.05, 0) is 24.2 Å². The third kappa shape index (κ3) is 5.58. The maximum Gasteiger partial charge on any atom is 0.296 e. The van der Waals surface area contributed by atoms with Crippen LogP contribution in [0.25, 0.3) is 22.4 Å². The predicted molar refractivity (Wildman–Crippen MR) is 140 cm³/mol. The number of aromatic nitrogens is 3. The lowest BCUT2D eigenvalue weighted by atomic mass is 10.1. The van der Waals surface area contributed by atoms with E-state index >= 15 is 0 Å². The molecule has 5 rings (SSSR count). The molecule has 2 saturated heterocycles. The lowest BCUT2D eigenvalue weighted by Gasteiger charge is -2.19. The van der Waals surface area contributed by atoms with E-state index in [4.69, 9.17) is 35.5 Å². The van der Waals surface area contributed by atoms with Crippen LogP contribution in [0.1, 0.15) is 11.1 Å². The second-order valence-corrected chi connectivity index (χ2v) is 17.1. The van der Waals surface area contributed by atoms with Gasteiger partial charge in [0.15, 0.2) is 17.3 Å². The molecule has 2 aromatic heterocycles. The minimum absolute atomic E-state index is 0.242. The molecule has 0 saturated carbocycles. The molecule has 4 heterocycles. The number of benzene rings is 1. The van der Waals surface area contributed by atoms with E-state index in [-0.39, 0.29) is 24.9 Å². The van der Waals surface area contributed by atoms with Crippen LogP contribution in [-0.4, -0.2) is 72.4 Å². The standard InChI is InChI=1S/C24H29BrClN3O5Si/c1-35(2,3)9-8-31-22(26)15-10-16-23(28-19(15)13-4-6-14(25)7-5-13)29-24(27-16)34-18-12-33-20-17(30)11-32-21(18)20/h4-7,10,17-18,20-22,30H,8-9,11-12H2,1-3H3,(H,27,28,29)/t17-,18-,20-,21-,22?/m1/s1. The van der Waals surface area contributed by atoms with Gasteiger partial charge in [-0.3, -0.25) is 0 Å². The molecule has 2 aliphatic heterocycles. The maximum absolute atomic E-state index is 9.98. The summed E-state index contributed by atoms with van der Waals surface area (Å²) in [5.74, 6) is 0. The van der Waals surface area contributed by atoms with Gasteiger partial charge >= 0.3 is 0 Å². The zero-order valence-corrected chi connectivity index (χ0v) is 23.2. The van der Waals surface area contributed by atoms with E-state index < -0.39 is 19.7 Å². The third-order valence-electron chi connectivity index (χ3n) is 6.20. The lowest BCUT2D eigenvalue weighted by molar-refractivity contribution is 0.00706. The number of pyridine rings is 1. The lowest BCUT2D eigenvalue weighted by Crippen LogP contribution is -2.34. The highest BCUT2D eigenvalue weighted by Crippen LogP contribution is 2.35. The van der Waals surface area contributed by atoms with Crippen molar-refractivity contribution in [1.82, 2.24) is 15.0 Å². The summed E-state index contributed by atoms with van der Waals surface area (Å²) in [6, 6.07) is 11.2. The van der Waals surface area contributed by atoms with Crippen LogP contribution in [0.5, 0.6) is 6.01 Å². The molecule has 0 bridgehead atoms. The molecule has 0 amide bonds. The van der Waals surface area contributed by atoms with Gasteiger partial charge in [0.25, 0.3) is 6.01 Å². The average Bonchev–Trinajstić information content (AvgIpc) is 3.49.